The van der Waals surface area contributed by atoms with Gasteiger partial charge < -0.3 is 14.5 Å². The van der Waals surface area contributed by atoms with Gasteiger partial charge in [0.25, 0.3) is 5.91 Å². The Morgan fingerprint density at radius 1 is 1.17 bits per heavy atom. The van der Waals surface area contributed by atoms with Gasteiger partial charge in [-0.3, -0.25) is 4.79 Å². The van der Waals surface area contributed by atoms with Crippen molar-refractivity contribution in [3.05, 3.63) is 54.2 Å². The highest BCUT2D eigenvalue weighted by Gasteiger charge is 2.22. The van der Waals surface area contributed by atoms with E-state index in [0.29, 0.717) is 18.7 Å². The molecule has 1 aromatic heterocycles. The number of ether oxygens (including phenoxy) is 1. The Bertz CT molecular complexity index is 669. The minimum atomic E-state index is -0.0124. The molecule has 1 saturated heterocycles. The van der Waals surface area contributed by atoms with Gasteiger partial charge >= 0.3 is 0 Å². The van der Waals surface area contributed by atoms with E-state index in [0.717, 1.165) is 37.5 Å². The van der Waals surface area contributed by atoms with Crippen molar-refractivity contribution in [1.82, 2.24) is 9.88 Å². The zero-order valence-corrected chi connectivity index (χ0v) is 14.0. The fourth-order valence-corrected chi connectivity index (χ4v) is 2.87. The lowest BCUT2D eigenvalue weighted by molar-refractivity contribution is 0.0774. The average molecular weight is 325 g/mol. The van der Waals surface area contributed by atoms with E-state index in [-0.39, 0.29) is 5.91 Å². The first-order valence-corrected chi connectivity index (χ1v) is 8.39. The van der Waals surface area contributed by atoms with Crippen molar-refractivity contribution in [1.29, 1.82) is 0 Å². The summed E-state index contributed by atoms with van der Waals surface area (Å²) in [6, 6.07) is 13.3. The third kappa shape index (κ3) is 3.85. The number of carbonyl (C=O) groups excluding carboxylic acids is 1. The van der Waals surface area contributed by atoms with E-state index in [9.17, 15) is 4.79 Å². The molecule has 0 aliphatic carbocycles. The summed E-state index contributed by atoms with van der Waals surface area (Å²) in [6.07, 6.45) is 4.07. The highest BCUT2D eigenvalue weighted by atomic mass is 16.5. The number of rotatable bonds is 6. The maximum absolute atomic E-state index is 12.8. The van der Waals surface area contributed by atoms with Gasteiger partial charge in [0.1, 0.15) is 18.2 Å². The van der Waals surface area contributed by atoms with Gasteiger partial charge in [-0.15, -0.1) is 0 Å². The molecule has 1 fully saturated rings. The van der Waals surface area contributed by atoms with E-state index in [1.165, 1.54) is 0 Å². The molecule has 0 saturated carbocycles. The third-order valence-corrected chi connectivity index (χ3v) is 4.21. The number of anilines is 1. The molecule has 1 amide bonds. The summed E-state index contributed by atoms with van der Waals surface area (Å²) in [4.78, 5) is 21.1. The quantitative estimate of drug-likeness (QED) is 0.819. The van der Waals surface area contributed by atoms with Crippen LogP contribution in [0.2, 0.25) is 0 Å². The zero-order chi connectivity index (χ0) is 16.8. The van der Waals surface area contributed by atoms with Crippen LogP contribution in [-0.4, -0.2) is 49.1 Å². The molecule has 1 aliphatic heterocycles. The van der Waals surface area contributed by atoms with Crippen molar-refractivity contribution in [2.75, 3.05) is 38.2 Å². The smallest absolute Gasteiger partial charge is 0.257 e. The minimum Gasteiger partial charge on any atom is -0.492 e. The Morgan fingerprint density at radius 2 is 1.92 bits per heavy atom. The van der Waals surface area contributed by atoms with Gasteiger partial charge in [-0.05, 0) is 37.1 Å². The van der Waals surface area contributed by atoms with Crippen LogP contribution >= 0.6 is 0 Å². The van der Waals surface area contributed by atoms with Crippen LogP contribution in [0.1, 0.15) is 23.2 Å². The molecule has 5 nitrogen and oxygen atoms in total. The molecule has 0 bridgehead atoms. The van der Waals surface area contributed by atoms with Crippen LogP contribution in [0.15, 0.2) is 48.7 Å². The van der Waals surface area contributed by atoms with E-state index in [4.69, 9.17) is 4.74 Å². The summed E-state index contributed by atoms with van der Waals surface area (Å²) in [6.45, 7) is 2.93. The van der Waals surface area contributed by atoms with Crippen molar-refractivity contribution in [2.24, 2.45) is 0 Å². The molecule has 126 valence electrons. The maximum atomic E-state index is 12.8. The fourth-order valence-electron chi connectivity index (χ4n) is 2.87. The first-order chi connectivity index (χ1) is 11.8. The van der Waals surface area contributed by atoms with Crippen molar-refractivity contribution in [3.8, 4) is 5.75 Å². The second-order valence-corrected chi connectivity index (χ2v) is 5.96. The molecule has 5 heteroatoms. The summed E-state index contributed by atoms with van der Waals surface area (Å²) in [5.41, 5.74) is 0.668. The zero-order valence-electron chi connectivity index (χ0n) is 14.0. The van der Waals surface area contributed by atoms with Crippen molar-refractivity contribution >= 4 is 11.7 Å². The molecule has 2 aromatic rings. The van der Waals surface area contributed by atoms with Gasteiger partial charge in [0.05, 0.1) is 12.1 Å². The standard InChI is InChI=1S/C19H23N3O2/c1-21(14-15-24-16-8-3-2-4-9-16)19(23)17-10-7-11-20-18(17)22-12-5-6-13-22/h2-4,7-11H,5-6,12-15H2,1H3. The normalized spacial score (nSPS) is 13.8. The molecule has 24 heavy (non-hydrogen) atoms. The lowest BCUT2D eigenvalue weighted by atomic mass is 10.2. The molecule has 0 radical (unpaired) electrons. The van der Waals surface area contributed by atoms with Crippen LogP contribution in [0.4, 0.5) is 5.82 Å². The SMILES string of the molecule is CN(CCOc1ccccc1)C(=O)c1cccnc1N1CCCC1. The van der Waals surface area contributed by atoms with E-state index < -0.39 is 0 Å². The van der Waals surface area contributed by atoms with Crippen LogP contribution in [0.25, 0.3) is 0 Å². The van der Waals surface area contributed by atoms with E-state index >= 15 is 0 Å². The number of carbonyl (C=O) groups is 1. The fraction of sp³-hybridized carbons (Fsp3) is 0.368. The van der Waals surface area contributed by atoms with Crippen molar-refractivity contribution < 1.29 is 9.53 Å². The number of pyridine rings is 1. The van der Waals surface area contributed by atoms with Crippen molar-refractivity contribution in [3.63, 3.8) is 0 Å². The molecule has 0 atom stereocenters. The highest BCUT2D eigenvalue weighted by molar-refractivity contribution is 5.98. The van der Waals surface area contributed by atoms with Gasteiger partial charge in [0, 0.05) is 26.3 Å². The van der Waals surface area contributed by atoms with Gasteiger partial charge in [0.15, 0.2) is 0 Å². The first kappa shape index (κ1) is 16.3. The summed E-state index contributed by atoms with van der Waals surface area (Å²) in [7, 11) is 1.80. The number of amides is 1. The van der Waals surface area contributed by atoms with Crippen LogP contribution < -0.4 is 9.64 Å². The molecule has 1 aliphatic rings. The van der Waals surface area contributed by atoms with Gasteiger partial charge in [0.2, 0.25) is 0 Å². The predicted octanol–water partition coefficient (Wildman–Crippen LogP) is 2.83. The van der Waals surface area contributed by atoms with Gasteiger partial charge in [-0.2, -0.15) is 0 Å². The van der Waals surface area contributed by atoms with E-state index in [1.807, 2.05) is 42.5 Å². The van der Waals surface area contributed by atoms with Crippen LogP contribution in [-0.2, 0) is 0 Å². The molecule has 3 rings (SSSR count). The van der Waals surface area contributed by atoms with E-state index in [1.54, 1.807) is 18.1 Å². The largest absolute Gasteiger partial charge is 0.492 e. The topological polar surface area (TPSA) is 45.7 Å². The number of para-hydroxylation sites is 1. The Labute approximate surface area is 142 Å². The van der Waals surface area contributed by atoms with Gasteiger partial charge in [-0.25, -0.2) is 4.98 Å². The maximum Gasteiger partial charge on any atom is 0.257 e. The summed E-state index contributed by atoms with van der Waals surface area (Å²) >= 11 is 0. The van der Waals surface area contributed by atoms with Crippen LogP contribution in [0.5, 0.6) is 5.75 Å². The number of nitrogens with zero attached hydrogens (tertiary/aromatic N) is 3. The van der Waals surface area contributed by atoms with Crippen LogP contribution in [0, 0.1) is 0 Å². The second kappa shape index (κ2) is 7.81. The summed E-state index contributed by atoms with van der Waals surface area (Å²) in [5, 5.41) is 0. The summed E-state index contributed by atoms with van der Waals surface area (Å²) in [5.74, 6) is 1.61. The monoisotopic (exact) mass is 325 g/mol. The molecule has 0 spiro atoms. The lowest BCUT2D eigenvalue weighted by Gasteiger charge is -2.23. The summed E-state index contributed by atoms with van der Waals surface area (Å²) < 4.78 is 5.67. The lowest BCUT2D eigenvalue weighted by Crippen LogP contribution is -2.33. The molecule has 2 heterocycles. The van der Waals surface area contributed by atoms with Crippen molar-refractivity contribution in [2.45, 2.75) is 12.8 Å². The second-order valence-electron chi connectivity index (χ2n) is 5.96. The Morgan fingerprint density at radius 3 is 2.67 bits per heavy atom. The number of likely N-dealkylation sites (N-methyl/N-ethyl adjacent to an activating group) is 1. The molecular weight excluding hydrogens is 302 g/mol. The highest BCUT2D eigenvalue weighted by Crippen LogP contribution is 2.22. The predicted molar refractivity (Wildman–Crippen MR) is 94.6 cm³/mol. The first-order valence-electron chi connectivity index (χ1n) is 8.39. The minimum absolute atomic E-state index is 0.0124. The number of hydrogen-bond acceptors (Lipinski definition) is 4. The average Bonchev–Trinajstić information content (AvgIpc) is 3.16. The molecule has 0 unspecified atom stereocenters. The van der Waals surface area contributed by atoms with Gasteiger partial charge in [-0.1, -0.05) is 18.2 Å². The Kier molecular flexibility index (Phi) is 5.31. The third-order valence-electron chi connectivity index (χ3n) is 4.21. The Hall–Kier alpha value is -2.56. The number of hydrogen-bond donors (Lipinski definition) is 0. The Balaban J connectivity index is 1.61. The van der Waals surface area contributed by atoms with Crippen LogP contribution in [0.3, 0.4) is 0 Å². The molecule has 0 N–H and O–H groups in total. The van der Waals surface area contributed by atoms with E-state index in [2.05, 4.69) is 9.88 Å². The molecular formula is C19H23N3O2. The number of aromatic nitrogens is 1. The molecule has 1 aromatic carbocycles. The number of benzene rings is 1.